The summed E-state index contributed by atoms with van der Waals surface area (Å²) in [5, 5.41) is 30.7. The van der Waals surface area contributed by atoms with Gasteiger partial charge in [0.05, 0.1) is 19.8 Å². The third kappa shape index (κ3) is 32.2. The molecule has 0 radical (unpaired) electrons. The predicted octanol–water partition coefficient (Wildman–Crippen LogP) is 10.2. The molecular formula is C46H88O12S. The Kier molecular flexibility index (Phi) is 36.5. The number of hydrogen-bond donors (Lipinski definition) is 4. The first-order valence-electron chi connectivity index (χ1n) is 23.9. The molecule has 1 aliphatic rings. The number of esters is 1. The highest BCUT2D eigenvalue weighted by atomic mass is 32.3. The van der Waals surface area contributed by atoms with E-state index in [9.17, 15) is 28.5 Å². The molecular weight excluding hydrogens is 777 g/mol. The van der Waals surface area contributed by atoms with Crippen LogP contribution < -0.4 is 0 Å². The number of aliphatic hydroxyl groups is 3. The van der Waals surface area contributed by atoms with Gasteiger partial charge in [-0.25, -0.2) is 4.18 Å². The minimum Gasteiger partial charge on any atom is -0.457 e. The normalized spacial score (nSPS) is 20.4. The van der Waals surface area contributed by atoms with Gasteiger partial charge in [-0.2, -0.15) is 8.42 Å². The summed E-state index contributed by atoms with van der Waals surface area (Å²) in [7, 11) is -5.06. The quantitative estimate of drug-likeness (QED) is 0.0198. The second-order valence-corrected chi connectivity index (χ2v) is 17.8. The van der Waals surface area contributed by atoms with Crippen molar-refractivity contribution in [1.29, 1.82) is 0 Å². The summed E-state index contributed by atoms with van der Waals surface area (Å²) < 4.78 is 59.1. The van der Waals surface area contributed by atoms with Crippen LogP contribution in [0.1, 0.15) is 213 Å². The Morgan fingerprint density at radius 2 is 1.07 bits per heavy atom. The van der Waals surface area contributed by atoms with E-state index in [1.165, 1.54) is 148 Å². The Balaban J connectivity index is 2.36. The van der Waals surface area contributed by atoms with E-state index in [1.54, 1.807) is 0 Å². The molecule has 6 atom stereocenters. The van der Waals surface area contributed by atoms with E-state index < -0.39 is 59.8 Å². The Hall–Kier alpha value is -1.16. The lowest BCUT2D eigenvalue weighted by atomic mass is 9.99. The van der Waals surface area contributed by atoms with Crippen LogP contribution in [0.2, 0.25) is 0 Å². The van der Waals surface area contributed by atoms with Gasteiger partial charge in [0.25, 0.3) is 0 Å². The number of unbranched alkanes of at least 4 members (excludes halogenated alkanes) is 27. The molecule has 1 fully saturated rings. The first kappa shape index (κ1) is 55.9. The molecule has 1 heterocycles. The summed E-state index contributed by atoms with van der Waals surface area (Å²) in [5.74, 6) is -0.397. The maximum absolute atomic E-state index is 12.8. The fourth-order valence-corrected chi connectivity index (χ4v) is 8.00. The van der Waals surface area contributed by atoms with Gasteiger partial charge in [-0.15, -0.1) is 0 Å². The summed E-state index contributed by atoms with van der Waals surface area (Å²) in [4.78, 5) is 12.8. The van der Waals surface area contributed by atoms with Crippen LogP contribution >= 0.6 is 0 Å². The summed E-state index contributed by atoms with van der Waals surface area (Å²) in [6, 6.07) is 0. The number of carbonyl (C=O) groups excluding carboxylic acids is 1. The highest BCUT2D eigenvalue weighted by Gasteiger charge is 2.48. The minimum atomic E-state index is -5.06. The summed E-state index contributed by atoms with van der Waals surface area (Å²) in [6.45, 7) is 4.00. The zero-order valence-electron chi connectivity index (χ0n) is 37.3. The molecule has 0 aromatic heterocycles. The third-order valence-electron chi connectivity index (χ3n) is 11.1. The van der Waals surface area contributed by atoms with Gasteiger partial charge < -0.3 is 34.3 Å². The van der Waals surface area contributed by atoms with Gasteiger partial charge in [0, 0.05) is 13.0 Å². The highest BCUT2D eigenvalue weighted by Crippen LogP contribution is 2.26. The molecule has 0 amide bonds. The fraction of sp³-hybridized carbons (Fsp3) is 0.935. The van der Waals surface area contributed by atoms with Crippen LogP contribution in [-0.4, -0.2) is 97.5 Å². The van der Waals surface area contributed by atoms with Gasteiger partial charge in [-0.1, -0.05) is 180 Å². The first-order chi connectivity index (χ1) is 28.6. The van der Waals surface area contributed by atoms with Crippen molar-refractivity contribution in [3.05, 3.63) is 12.2 Å². The molecule has 59 heavy (non-hydrogen) atoms. The molecule has 12 nitrogen and oxygen atoms in total. The maximum Gasteiger partial charge on any atom is 0.397 e. The molecule has 1 rings (SSSR count). The largest absolute Gasteiger partial charge is 0.457 e. The van der Waals surface area contributed by atoms with E-state index in [-0.39, 0.29) is 19.6 Å². The lowest BCUT2D eigenvalue weighted by molar-refractivity contribution is -0.301. The van der Waals surface area contributed by atoms with Crippen LogP contribution in [0.3, 0.4) is 0 Å². The molecule has 0 aromatic rings. The predicted molar refractivity (Wildman–Crippen MR) is 234 cm³/mol. The van der Waals surface area contributed by atoms with E-state index in [4.69, 9.17) is 23.5 Å². The van der Waals surface area contributed by atoms with E-state index in [0.29, 0.717) is 13.0 Å². The van der Waals surface area contributed by atoms with Crippen molar-refractivity contribution in [3.8, 4) is 0 Å². The number of hydrogen-bond acceptors (Lipinski definition) is 11. The van der Waals surface area contributed by atoms with E-state index >= 15 is 0 Å². The molecule has 350 valence electrons. The smallest absolute Gasteiger partial charge is 0.397 e. The molecule has 0 saturated carbocycles. The van der Waals surface area contributed by atoms with Gasteiger partial charge in [0.1, 0.15) is 30.5 Å². The fourth-order valence-electron chi connectivity index (χ4n) is 7.49. The molecule has 0 spiro atoms. The van der Waals surface area contributed by atoms with Crippen LogP contribution in [0, 0.1) is 0 Å². The number of carbonyl (C=O) groups is 1. The molecule has 6 unspecified atom stereocenters. The number of ether oxygens (including phenoxy) is 4. The molecule has 0 bridgehead atoms. The van der Waals surface area contributed by atoms with Crippen LogP contribution in [0.15, 0.2) is 12.2 Å². The average molecular weight is 865 g/mol. The van der Waals surface area contributed by atoms with Crippen LogP contribution in [0.4, 0.5) is 0 Å². The Morgan fingerprint density at radius 1 is 0.627 bits per heavy atom. The number of allylic oxidation sites excluding steroid dienone is 2. The zero-order chi connectivity index (χ0) is 43.2. The van der Waals surface area contributed by atoms with Crippen molar-refractivity contribution >= 4 is 16.4 Å². The van der Waals surface area contributed by atoms with Crippen LogP contribution in [0.25, 0.3) is 0 Å². The molecule has 1 aliphatic heterocycles. The second kappa shape index (κ2) is 38.5. The van der Waals surface area contributed by atoms with Crippen molar-refractivity contribution in [3.63, 3.8) is 0 Å². The molecule has 0 aliphatic carbocycles. The van der Waals surface area contributed by atoms with E-state index in [2.05, 4.69) is 30.2 Å². The molecule has 0 aromatic carbocycles. The van der Waals surface area contributed by atoms with Crippen molar-refractivity contribution in [2.24, 2.45) is 0 Å². The van der Waals surface area contributed by atoms with Crippen molar-refractivity contribution in [1.82, 2.24) is 0 Å². The minimum absolute atomic E-state index is 0.0406. The summed E-state index contributed by atoms with van der Waals surface area (Å²) >= 11 is 0. The maximum atomic E-state index is 12.8. The van der Waals surface area contributed by atoms with Crippen molar-refractivity contribution < 1.29 is 56.2 Å². The Labute approximate surface area is 359 Å². The first-order valence-corrected chi connectivity index (χ1v) is 25.3. The molecule has 13 heteroatoms. The molecule has 4 N–H and O–H groups in total. The van der Waals surface area contributed by atoms with Crippen molar-refractivity contribution in [2.45, 2.75) is 250 Å². The topological polar surface area (TPSA) is 178 Å². The SMILES string of the molecule is CCCCCCCC/C=C\CCCCCCCCCCCCOCC(COC1OC(CO)C(O)C(OS(=O)(=O)O)C1O)OC(=O)CCCCCCCCCCCCCC. The Morgan fingerprint density at radius 3 is 1.53 bits per heavy atom. The Bertz CT molecular complexity index is 1090. The van der Waals surface area contributed by atoms with Gasteiger partial charge in [-0.05, 0) is 38.5 Å². The average Bonchev–Trinajstić information content (AvgIpc) is 3.20. The third-order valence-corrected chi connectivity index (χ3v) is 11.6. The van der Waals surface area contributed by atoms with Gasteiger partial charge in [0.2, 0.25) is 0 Å². The number of rotatable bonds is 42. The lowest BCUT2D eigenvalue weighted by Gasteiger charge is -2.41. The lowest BCUT2D eigenvalue weighted by Crippen LogP contribution is -2.60. The number of aliphatic hydroxyl groups excluding tert-OH is 3. The molecule has 1 saturated heterocycles. The van der Waals surface area contributed by atoms with Gasteiger partial charge in [-0.3, -0.25) is 9.35 Å². The van der Waals surface area contributed by atoms with Crippen LogP contribution in [0.5, 0.6) is 0 Å². The van der Waals surface area contributed by atoms with Gasteiger partial charge >= 0.3 is 16.4 Å². The second-order valence-electron chi connectivity index (χ2n) is 16.7. The van der Waals surface area contributed by atoms with Crippen molar-refractivity contribution in [2.75, 3.05) is 26.4 Å². The highest BCUT2D eigenvalue weighted by molar-refractivity contribution is 7.80. The standard InChI is InChI=1S/C46H88O12S/c1-3-5-7-9-11-13-15-17-18-19-20-21-22-23-24-26-28-30-32-34-36-54-38-40(56-42(48)35-33-31-29-27-25-16-14-12-10-8-6-4-2)39-55-46-44(50)45(58-59(51,52)53)43(49)41(37-47)57-46/h17-18,40-41,43-47,49-50H,3-16,19-39H2,1-2H3,(H,51,52,53)/b18-17-. The van der Waals surface area contributed by atoms with Gasteiger partial charge in [0.15, 0.2) is 6.29 Å². The monoisotopic (exact) mass is 865 g/mol. The van der Waals surface area contributed by atoms with E-state index in [1.807, 2.05) is 0 Å². The van der Waals surface area contributed by atoms with Crippen LogP contribution in [-0.2, 0) is 38.3 Å². The summed E-state index contributed by atoms with van der Waals surface area (Å²) in [5.41, 5.74) is 0. The zero-order valence-corrected chi connectivity index (χ0v) is 38.1. The summed E-state index contributed by atoms with van der Waals surface area (Å²) in [6.07, 6.45) is 32.5. The van der Waals surface area contributed by atoms with E-state index in [0.717, 1.165) is 38.5 Å².